The molecule has 23 heavy (non-hydrogen) atoms. The quantitative estimate of drug-likeness (QED) is 0.581. The van der Waals surface area contributed by atoms with E-state index in [2.05, 4.69) is 42.2 Å². The van der Waals surface area contributed by atoms with Crippen LogP contribution in [0.15, 0.2) is 45.4 Å². The van der Waals surface area contributed by atoms with Crippen molar-refractivity contribution in [3.63, 3.8) is 0 Å². The molecule has 5 nitrogen and oxygen atoms in total. The molecule has 2 rings (SSSR count). The van der Waals surface area contributed by atoms with Crippen LogP contribution in [-0.4, -0.2) is 41.1 Å². The normalized spacial score (nSPS) is 13.0. The third kappa shape index (κ3) is 5.60. The number of hydrogen-bond acceptors (Lipinski definition) is 4. The van der Waals surface area contributed by atoms with E-state index in [9.17, 15) is 5.11 Å². The lowest BCUT2D eigenvalue weighted by Gasteiger charge is -2.22. The number of aromatic nitrogens is 1. The van der Waals surface area contributed by atoms with Crippen LogP contribution in [0.3, 0.4) is 0 Å². The SMILES string of the molecule is CCNC(=NCC(O)c1ccncc1)N(C)Cc1ccc(Br)s1. The Kier molecular flexibility index (Phi) is 7.01. The first-order valence-electron chi connectivity index (χ1n) is 7.41. The van der Waals surface area contributed by atoms with Crippen molar-refractivity contribution < 1.29 is 5.11 Å². The third-order valence-electron chi connectivity index (χ3n) is 3.22. The van der Waals surface area contributed by atoms with Crippen LogP contribution in [-0.2, 0) is 6.54 Å². The molecule has 2 N–H and O–H groups in total. The van der Waals surface area contributed by atoms with Gasteiger partial charge in [0, 0.05) is 30.9 Å². The Balaban J connectivity index is 2.01. The van der Waals surface area contributed by atoms with Gasteiger partial charge < -0.3 is 15.3 Å². The van der Waals surface area contributed by atoms with Crippen LogP contribution in [0.5, 0.6) is 0 Å². The van der Waals surface area contributed by atoms with E-state index in [1.165, 1.54) is 4.88 Å². The summed E-state index contributed by atoms with van der Waals surface area (Å²) < 4.78 is 1.12. The van der Waals surface area contributed by atoms with Crippen molar-refractivity contribution in [2.45, 2.75) is 19.6 Å². The second kappa shape index (κ2) is 9.00. The number of nitrogens with one attached hydrogen (secondary N) is 1. The second-order valence-corrected chi connectivity index (χ2v) is 7.60. The van der Waals surface area contributed by atoms with Crippen molar-refractivity contribution in [1.82, 2.24) is 15.2 Å². The molecule has 0 bridgehead atoms. The van der Waals surface area contributed by atoms with E-state index in [0.29, 0.717) is 6.54 Å². The molecule has 2 aromatic heterocycles. The molecule has 0 fully saturated rings. The van der Waals surface area contributed by atoms with Crippen LogP contribution in [0.25, 0.3) is 0 Å². The zero-order chi connectivity index (χ0) is 16.7. The molecule has 0 aliphatic carbocycles. The monoisotopic (exact) mass is 396 g/mol. The predicted octanol–water partition coefficient (Wildman–Crippen LogP) is 3.04. The van der Waals surface area contributed by atoms with Gasteiger partial charge in [0.15, 0.2) is 5.96 Å². The molecule has 1 atom stereocenters. The lowest BCUT2D eigenvalue weighted by Crippen LogP contribution is -2.38. The van der Waals surface area contributed by atoms with E-state index in [0.717, 1.165) is 28.4 Å². The highest BCUT2D eigenvalue weighted by Crippen LogP contribution is 2.23. The van der Waals surface area contributed by atoms with Crippen LogP contribution in [0.1, 0.15) is 23.5 Å². The molecule has 0 radical (unpaired) electrons. The maximum atomic E-state index is 10.2. The van der Waals surface area contributed by atoms with E-state index >= 15 is 0 Å². The van der Waals surface area contributed by atoms with Crippen molar-refractivity contribution in [3.05, 3.63) is 50.9 Å². The zero-order valence-corrected chi connectivity index (χ0v) is 15.6. The fourth-order valence-electron chi connectivity index (χ4n) is 2.08. The van der Waals surface area contributed by atoms with Crippen LogP contribution < -0.4 is 5.32 Å². The van der Waals surface area contributed by atoms with E-state index in [1.807, 2.05) is 20.0 Å². The molecule has 0 saturated heterocycles. The van der Waals surface area contributed by atoms with Crippen molar-refractivity contribution in [1.29, 1.82) is 0 Å². The number of pyridine rings is 1. The Morgan fingerprint density at radius 3 is 2.74 bits per heavy atom. The Bertz CT molecular complexity index is 632. The van der Waals surface area contributed by atoms with Gasteiger partial charge in [0.05, 0.1) is 23.0 Å². The average Bonchev–Trinajstić information content (AvgIpc) is 2.96. The summed E-state index contributed by atoms with van der Waals surface area (Å²) in [6.07, 6.45) is 2.72. The molecule has 2 heterocycles. The summed E-state index contributed by atoms with van der Waals surface area (Å²) in [5.41, 5.74) is 0.824. The zero-order valence-electron chi connectivity index (χ0n) is 13.2. The first-order chi connectivity index (χ1) is 11.1. The number of aliphatic hydroxyl groups is 1. The second-order valence-electron chi connectivity index (χ2n) is 5.05. The molecule has 0 aliphatic rings. The standard InChI is InChI=1S/C16H21BrN4OS/c1-3-19-16(21(2)11-13-4-5-15(17)23-13)20-10-14(22)12-6-8-18-9-7-12/h4-9,14,22H,3,10-11H2,1-2H3,(H,19,20). The fraction of sp³-hybridized carbons (Fsp3) is 0.375. The average molecular weight is 397 g/mol. The number of hydrogen-bond donors (Lipinski definition) is 2. The Labute approximate surface area is 149 Å². The minimum atomic E-state index is -0.629. The van der Waals surface area contributed by atoms with Crippen molar-refractivity contribution >= 4 is 33.2 Å². The van der Waals surface area contributed by atoms with Gasteiger partial charge in [-0.25, -0.2) is 0 Å². The minimum Gasteiger partial charge on any atom is -0.386 e. The molecule has 7 heteroatoms. The first-order valence-corrected chi connectivity index (χ1v) is 9.02. The van der Waals surface area contributed by atoms with Gasteiger partial charge in [-0.15, -0.1) is 11.3 Å². The molecule has 2 aromatic rings. The van der Waals surface area contributed by atoms with E-state index in [-0.39, 0.29) is 0 Å². The molecule has 0 amide bonds. The number of aliphatic imine (C=N–C) groups is 1. The van der Waals surface area contributed by atoms with E-state index in [1.54, 1.807) is 35.9 Å². The lowest BCUT2D eigenvalue weighted by atomic mass is 10.1. The van der Waals surface area contributed by atoms with Crippen LogP contribution >= 0.6 is 27.3 Å². The number of nitrogens with zero attached hydrogens (tertiary/aromatic N) is 3. The fourth-order valence-corrected chi connectivity index (χ4v) is 3.62. The van der Waals surface area contributed by atoms with Gasteiger partial charge in [-0.1, -0.05) is 0 Å². The van der Waals surface area contributed by atoms with Gasteiger partial charge in [0.1, 0.15) is 0 Å². The molecule has 124 valence electrons. The van der Waals surface area contributed by atoms with Crippen LogP contribution in [0, 0.1) is 0 Å². The first kappa shape index (κ1) is 17.9. The Morgan fingerprint density at radius 1 is 1.39 bits per heavy atom. The molecule has 0 aromatic carbocycles. The number of aliphatic hydroxyl groups excluding tert-OH is 1. The molecule has 0 aliphatic heterocycles. The minimum absolute atomic E-state index is 0.310. The number of guanidine groups is 1. The van der Waals surface area contributed by atoms with Gasteiger partial charge in [-0.05, 0) is 52.7 Å². The van der Waals surface area contributed by atoms with Crippen molar-refractivity contribution in [2.75, 3.05) is 20.1 Å². The highest BCUT2D eigenvalue weighted by Gasteiger charge is 2.11. The molecular weight excluding hydrogens is 376 g/mol. The summed E-state index contributed by atoms with van der Waals surface area (Å²) in [4.78, 5) is 11.8. The van der Waals surface area contributed by atoms with Crippen LogP contribution in [0.2, 0.25) is 0 Å². The topological polar surface area (TPSA) is 60.8 Å². The summed E-state index contributed by atoms with van der Waals surface area (Å²) in [5.74, 6) is 0.783. The summed E-state index contributed by atoms with van der Waals surface area (Å²) in [7, 11) is 1.99. The Morgan fingerprint density at radius 2 is 2.13 bits per heavy atom. The van der Waals surface area contributed by atoms with E-state index < -0.39 is 6.10 Å². The number of halogens is 1. The number of thiophene rings is 1. The summed E-state index contributed by atoms with van der Waals surface area (Å²) in [6.45, 7) is 3.89. The van der Waals surface area contributed by atoms with Gasteiger partial charge >= 0.3 is 0 Å². The summed E-state index contributed by atoms with van der Waals surface area (Å²) >= 11 is 5.19. The van der Waals surface area contributed by atoms with Gasteiger partial charge in [-0.2, -0.15) is 0 Å². The van der Waals surface area contributed by atoms with Crippen molar-refractivity contribution in [2.24, 2.45) is 4.99 Å². The van der Waals surface area contributed by atoms with Crippen molar-refractivity contribution in [3.8, 4) is 0 Å². The Hall–Kier alpha value is -1.44. The highest BCUT2D eigenvalue weighted by atomic mass is 79.9. The van der Waals surface area contributed by atoms with Gasteiger partial charge in [-0.3, -0.25) is 9.98 Å². The summed E-state index contributed by atoms with van der Waals surface area (Å²) in [5, 5.41) is 13.5. The number of rotatable bonds is 6. The van der Waals surface area contributed by atoms with E-state index in [4.69, 9.17) is 0 Å². The van der Waals surface area contributed by atoms with Crippen LogP contribution in [0.4, 0.5) is 0 Å². The maximum Gasteiger partial charge on any atom is 0.194 e. The smallest absolute Gasteiger partial charge is 0.194 e. The highest BCUT2D eigenvalue weighted by molar-refractivity contribution is 9.11. The maximum absolute atomic E-state index is 10.2. The van der Waals surface area contributed by atoms with Gasteiger partial charge in [0.25, 0.3) is 0 Å². The summed E-state index contributed by atoms with van der Waals surface area (Å²) in [6, 6.07) is 7.76. The van der Waals surface area contributed by atoms with Gasteiger partial charge in [0.2, 0.25) is 0 Å². The molecule has 1 unspecified atom stereocenters. The largest absolute Gasteiger partial charge is 0.386 e. The molecule has 0 saturated carbocycles. The molecular formula is C16H21BrN4OS. The third-order valence-corrected chi connectivity index (χ3v) is 4.83. The lowest BCUT2D eigenvalue weighted by molar-refractivity contribution is 0.186. The predicted molar refractivity (Wildman–Crippen MR) is 98.7 cm³/mol. The molecule has 0 spiro atoms.